The fraction of sp³-hybridized carbons (Fsp3) is 0.500. The average Bonchev–Trinajstić information content (AvgIpc) is 2.32. The molecule has 1 saturated heterocycles. The maximum atomic E-state index is 5.53. The molecule has 0 unspecified atom stereocenters. The molecule has 2 rings (SSSR count). The van der Waals surface area contributed by atoms with Gasteiger partial charge in [0.05, 0.1) is 19.0 Å². The van der Waals surface area contributed by atoms with E-state index < -0.39 is 0 Å². The third-order valence-electron chi connectivity index (χ3n) is 1.85. The molecule has 1 aromatic heterocycles. The van der Waals surface area contributed by atoms with Crippen molar-refractivity contribution in [3.05, 3.63) is 22.6 Å². The second kappa shape index (κ2) is 3.60. The van der Waals surface area contributed by atoms with Crippen LogP contribution in [0, 0.1) is 0 Å². The first-order valence-corrected chi connectivity index (χ1v) is 4.69. The molecule has 0 atom stereocenters. The maximum absolute atomic E-state index is 5.53. The van der Waals surface area contributed by atoms with E-state index in [1.807, 2.05) is 6.07 Å². The first-order valence-electron chi connectivity index (χ1n) is 3.90. The van der Waals surface area contributed by atoms with Crippen molar-refractivity contribution in [2.24, 2.45) is 0 Å². The van der Waals surface area contributed by atoms with Crippen LogP contribution in [0.5, 0.6) is 0 Å². The zero-order valence-electron chi connectivity index (χ0n) is 6.55. The zero-order valence-corrected chi connectivity index (χ0v) is 8.13. The predicted octanol–water partition coefficient (Wildman–Crippen LogP) is 1.53. The summed E-state index contributed by atoms with van der Waals surface area (Å²) in [5.74, 6) is 0. The minimum absolute atomic E-state index is 0.388. The topological polar surface area (TPSA) is 34.4 Å². The zero-order chi connectivity index (χ0) is 8.39. The van der Waals surface area contributed by atoms with Crippen molar-refractivity contribution in [2.45, 2.75) is 12.7 Å². The smallest absolute Gasteiger partial charge is 0.169 e. The van der Waals surface area contributed by atoms with Crippen LogP contribution in [-0.2, 0) is 11.3 Å². The average molecular weight is 232 g/mol. The molecule has 0 radical (unpaired) electrons. The first kappa shape index (κ1) is 8.29. The van der Waals surface area contributed by atoms with Crippen LogP contribution in [0.1, 0.15) is 5.56 Å². The van der Waals surface area contributed by atoms with Crippen molar-refractivity contribution >= 4 is 15.9 Å². The molecule has 1 fully saturated rings. The molecule has 3 nitrogen and oxygen atoms in total. The van der Waals surface area contributed by atoms with E-state index in [4.69, 9.17) is 9.15 Å². The number of rotatable bonds is 3. The van der Waals surface area contributed by atoms with E-state index in [0.29, 0.717) is 12.7 Å². The lowest BCUT2D eigenvalue weighted by atomic mass is 10.2. The summed E-state index contributed by atoms with van der Waals surface area (Å²) in [6, 6.07) is 1.92. The highest BCUT2D eigenvalue weighted by molar-refractivity contribution is 9.10. The maximum Gasteiger partial charge on any atom is 0.169 e. The van der Waals surface area contributed by atoms with Gasteiger partial charge in [0.1, 0.15) is 0 Å². The van der Waals surface area contributed by atoms with Gasteiger partial charge in [-0.05, 0) is 22.0 Å². The van der Waals surface area contributed by atoms with Gasteiger partial charge in [-0.15, -0.1) is 0 Å². The molecule has 66 valence electrons. The summed E-state index contributed by atoms with van der Waals surface area (Å²) in [5.41, 5.74) is 1.08. The highest BCUT2D eigenvalue weighted by Crippen LogP contribution is 2.15. The van der Waals surface area contributed by atoms with Crippen molar-refractivity contribution in [3.8, 4) is 0 Å². The number of hydrogen-bond acceptors (Lipinski definition) is 3. The molecule has 2 heterocycles. The molecule has 12 heavy (non-hydrogen) atoms. The SMILES string of the molecule is Brc1cc(COC2CNC2)co1. The summed E-state index contributed by atoms with van der Waals surface area (Å²) in [6.07, 6.45) is 2.09. The first-order chi connectivity index (χ1) is 5.84. The quantitative estimate of drug-likeness (QED) is 0.858. The summed E-state index contributed by atoms with van der Waals surface area (Å²) in [7, 11) is 0. The van der Waals surface area contributed by atoms with Crippen LogP contribution < -0.4 is 5.32 Å². The number of nitrogens with one attached hydrogen (secondary N) is 1. The van der Waals surface area contributed by atoms with Crippen LogP contribution in [0.2, 0.25) is 0 Å². The number of ether oxygens (including phenoxy) is 1. The van der Waals surface area contributed by atoms with E-state index in [9.17, 15) is 0 Å². The Hall–Kier alpha value is -0.320. The summed E-state index contributed by atoms with van der Waals surface area (Å²) in [5, 5.41) is 3.14. The Morgan fingerprint density at radius 3 is 3.00 bits per heavy atom. The van der Waals surface area contributed by atoms with Gasteiger partial charge in [-0.1, -0.05) is 0 Å². The molecule has 0 bridgehead atoms. The van der Waals surface area contributed by atoms with Crippen LogP contribution >= 0.6 is 15.9 Å². The molecule has 1 aromatic rings. The molecule has 0 aromatic carbocycles. The lowest BCUT2D eigenvalue weighted by Gasteiger charge is -2.26. The highest BCUT2D eigenvalue weighted by Gasteiger charge is 2.16. The predicted molar refractivity (Wildman–Crippen MR) is 47.9 cm³/mol. The largest absolute Gasteiger partial charge is 0.457 e. The Kier molecular flexibility index (Phi) is 2.48. The summed E-state index contributed by atoms with van der Waals surface area (Å²) in [4.78, 5) is 0. The number of hydrogen-bond donors (Lipinski definition) is 1. The van der Waals surface area contributed by atoms with Gasteiger partial charge in [-0.2, -0.15) is 0 Å². The number of furan rings is 1. The fourth-order valence-corrected chi connectivity index (χ4v) is 1.40. The normalized spacial score (nSPS) is 17.8. The monoisotopic (exact) mass is 231 g/mol. The van der Waals surface area contributed by atoms with E-state index in [1.54, 1.807) is 6.26 Å². The van der Waals surface area contributed by atoms with Crippen molar-refractivity contribution in [3.63, 3.8) is 0 Å². The minimum atomic E-state index is 0.388. The Labute approximate surface area is 79.2 Å². The molecule has 4 heteroatoms. The van der Waals surface area contributed by atoms with Gasteiger partial charge in [0.2, 0.25) is 0 Å². The van der Waals surface area contributed by atoms with E-state index in [1.165, 1.54) is 0 Å². The van der Waals surface area contributed by atoms with Crippen molar-refractivity contribution < 1.29 is 9.15 Å². The fourth-order valence-electron chi connectivity index (χ4n) is 1.02. The van der Waals surface area contributed by atoms with Crippen molar-refractivity contribution in [1.82, 2.24) is 5.32 Å². The van der Waals surface area contributed by atoms with Crippen molar-refractivity contribution in [2.75, 3.05) is 13.1 Å². The Morgan fingerprint density at radius 2 is 2.50 bits per heavy atom. The van der Waals surface area contributed by atoms with Gasteiger partial charge < -0.3 is 14.5 Å². The Balaban J connectivity index is 1.79. The van der Waals surface area contributed by atoms with Crippen LogP contribution in [0.4, 0.5) is 0 Å². The lowest BCUT2D eigenvalue weighted by molar-refractivity contribution is 0.00740. The molecule has 1 aliphatic rings. The van der Waals surface area contributed by atoms with Gasteiger partial charge >= 0.3 is 0 Å². The second-order valence-electron chi connectivity index (χ2n) is 2.85. The van der Waals surface area contributed by atoms with E-state index in [-0.39, 0.29) is 0 Å². The van der Waals surface area contributed by atoms with Crippen LogP contribution in [0.25, 0.3) is 0 Å². The number of halogens is 1. The molecule has 1 N–H and O–H groups in total. The van der Waals surface area contributed by atoms with Gasteiger partial charge in [-0.3, -0.25) is 0 Å². The molecule has 0 amide bonds. The molecule has 0 aliphatic carbocycles. The lowest BCUT2D eigenvalue weighted by Crippen LogP contribution is -2.48. The Bertz CT molecular complexity index is 257. The standard InChI is InChI=1S/C8H10BrNO2/c9-8-1-6(5-12-8)4-11-7-2-10-3-7/h1,5,7,10H,2-4H2. The molecule has 0 saturated carbocycles. The third kappa shape index (κ3) is 1.88. The molecular weight excluding hydrogens is 222 g/mol. The molecular formula is C8H10BrNO2. The minimum Gasteiger partial charge on any atom is -0.457 e. The van der Waals surface area contributed by atoms with Crippen LogP contribution in [0.15, 0.2) is 21.4 Å². The van der Waals surface area contributed by atoms with Gasteiger partial charge in [0.25, 0.3) is 0 Å². The van der Waals surface area contributed by atoms with Crippen LogP contribution in [0.3, 0.4) is 0 Å². The van der Waals surface area contributed by atoms with E-state index in [2.05, 4.69) is 21.2 Å². The summed E-state index contributed by atoms with van der Waals surface area (Å²) >= 11 is 3.24. The summed E-state index contributed by atoms with van der Waals surface area (Å²) < 4.78 is 11.4. The molecule has 0 spiro atoms. The van der Waals surface area contributed by atoms with Gasteiger partial charge in [0, 0.05) is 18.7 Å². The van der Waals surface area contributed by atoms with E-state index in [0.717, 1.165) is 23.3 Å². The van der Waals surface area contributed by atoms with E-state index >= 15 is 0 Å². The summed E-state index contributed by atoms with van der Waals surface area (Å²) in [6.45, 7) is 2.58. The van der Waals surface area contributed by atoms with Crippen molar-refractivity contribution in [1.29, 1.82) is 0 Å². The van der Waals surface area contributed by atoms with Gasteiger partial charge in [0.15, 0.2) is 4.67 Å². The molecule has 1 aliphatic heterocycles. The second-order valence-corrected chi connectivity index (χ2v) is 3.63. The van der Waals surface area contributed by atoms with Gasteiger partial charge in [-0.25, -0.2) is 0 Å². The van der Waals surface area contributed by atoms with Crippen LogP contribution in [-0.4, -0.2) is 19.2 Å². The Morgan fingerprint density at radius 1 is 1.67 bits per heavy atom. The highest BCUT2D eigenvalue weighted by atomic mass is 79.9. The third-order valence-corrected chi connectivity index (χ3v) is 2.27.